The number of hydrogen-bond donors (Lipinski definition) is 0. The fraction of sp³-hybridized carbons (Fsp3) is 0.406. The predicted octanol–water partition coefficient (Wildman–Crippen LogP) is 8.05. The number of ketones is 1. The average molecular weight is 534 g/mol. The molecular weight excluding hydrogens is 490 g/mol. The van der Waals surface area contributed by atoms with Crippen LogP contribution < -0.4 is 0 Å². The van der Waals surface area contributed by atoms with Crippen LogP contribution in [0.25, 0.3) is 5.65 Å². The maximum Gasteiger partial charge on any atom is 0.272 e. The number of nitrogens with zero attached hydrogens (tertiary/aromatic N) is 3. The molecular formula is C32H43N3O2S. The van der Waals surface area contributed by atoms with E-state index in [1.165, 1.54) is 17.5 Å². The standard InChI is InChI=1S/C17H15N3O2S.C10H14.C3H8.C2H6/c1-11(21)13-10-23-15-9-19(7-5-12(13)15)17(22)14-8-18-16-4-2-3-6-20(14)16;1-3-9-5-7-10(4-2)8-6-9;1-3-2;1-2/h2-4,6,8,10H,5,7,9H2,1H3;5-8H,3-4H2,1-2H3;3H2,1-2H3;1-2H3. The lowest BCUT2D eigenvalue weighted by molar-refractivity contribution is 0.0730. The molecule has 4 aromatic rings. The monoisotopic (exact) mass is 533 g/mol. The fourth-order valence-corrected chi connectivity index (χ4v) is 5.21. The number of aromatic nitrogens is 2. The molecule has 204 valence electrons. The number of imidazole rings is 1. The van der Waals surface area contributed by atoms with Crippen molar-refractivity contribution in [3.05, 3.63) is 93.1 Å². The molecule has 0 saturated carbocycles. The van der Waals surface area contributed by atoms with Gasteiger partial charge < -0.3 is 4.90 Å². The van der Waals surface area contributed by atoms with Crippen molar-refractivity contribution in [1.29, 1.82) is 0 Å². The van der Waals surface area contributed by atoms with Gasteiger partial charge in [-0.2, -0.15) is 0 Å². The molecule has 3 aromatic heterocycles. The van der Waals surface area contributed by atoms with E-state index >= 15 is 0 Å². The summed E-state index contributed by atoms with van der Waals surface area (Å²) in [5.74, 6) is 0.0798. The van der Waals surface area contributed by atoms with Crippen molar-refractivity contribution in [3.63, 3.8) is 0 Å². The lowest BCUT2D eigenvalue weighted by atomic mass is 10.0. The minimum atomic E-state index is -0.0212. The molecule has 6 heteroatoms. The molecule has 0 spiro atoms. The number of thiophene rings is 1. The van der Waals surface area contributed by atoms with Crippen molar-refractivity contribution in [3.8, 4) is 0 Å². The molecule has 0 radical (unpaired) electrons. The summed E-state index contributed by atoms with van der Waals surface area (Å²) in [5.41, 5.74) is 6.13. The zero-order chi connectivity index (χ0) is 28.1. The number of fused-ring (bicyclic) bond motifs is 2. The van der Waals surface area contributed by atoms with E-state index in [2.05, 4.69) is 56.9 Å². The first-order valence-electron chi connectivity index (χ1n) is 13.8. The second-order valence-corrected chi connectivity index (χ2v) is 9.85. The van der Waals surface area contributed by atoms with Crippen LogP contribution in [0.15, 0.2) is 60.2 Å². The number of aryl methyl sites for hydroxylation is 2. The summed E-state index contributed by atoms with van der Waals surface area (Å²) in [6, 6.07) is 14.5. The van der Waals surface area contributed by atoms with E-state index in [-0.39, 0.29) is 11.7 Å². The van der Waals surface area contributed by atoms with Gasteiger partial charge in [-0.05, 0) is 55.0 Å². The third kappa shape index (κ3) is 7.87. The quantitative estimate of drug-likeness (QED) is 0.249. The Balaban J connectivity index is 0.000000283. The van der Waals surface area contributed by atoms with E-state index in [0.717, 1.165) is 40.9 Å². The number of amides is 1. The maximum atomic E-state index is 12.8. The van der Waals surface area contributed by atoms with E-state index in [0.29, 0.717) is 18.8 Å². The van der Waals surface area contributed by atoms with Gasteiger partial charge in [-0.25, -0.2) is 4.98 Å². The van der Waals surface area contributed by atoms with Gasteiger partial charge in [0.15, 0.2) is 5.78 Å². The van der Waals surface area contributed by atoms with E-state index in [9.17, 15) is 9.59 Å². The van der Waals surface area contributed by atoms with E-state index in [4.69, 9.17) is 0 Å². The first kappa shape index (κ1) is 31.0. The number of carbonyl (C=O) groups is 2. The van der Waals surface area contributed by atoms with Crippen molar-refractivity contribution in [2.24, 2.45) is 0 Å². The zero-order valence-electron chi connectivity index (χ0n) is 24.1. The normalized spacial score (nSPS) is 11.7. The maximum absolute atomic E-state index is 12.8. The molecule has 1 aliphatic heterocycles. The Kier molecular flexibility index (Phi) is 12.9. The van der Waals surface area contributed by atoms with Crippen LogP contribution in [0.1, 0.15) is 97.3 Å². The molecule has 0 saturated heterocycles. The largest absolute Gasteiger partial charge is 0.332 e. The van der Waals surface area contributed by atoms with Crippen molar-refractivity contribution in [2.45, 2.75) is 80.7 Å². The van der Waals surface area contributed by atoms with Crippen LogP contribution in [0.4, 0.5) is 0 Å². The van der Waals surface area contributed by atoms with Crippen LogP contribution in [0.3, 0.4) is 0 Å². The van der Waals surface area contributed by atoms with Crippen molar-refractivity contribution in [1.82, 2.24) is 14.3 Å². The topological polar surface area (TPSA) is 54.7 Å². The van der Waals surface area contributed by atoms with Crippen LogP contribution in [-0.2, 0) is 25.8 Å². The zero-order valence-corrected chi connectivity index (χ0v) is 24.9. The van der Waals surface area contributed by atoms with Gasteiger partial charge >= 0.3 is 0 Å². The van der Waals surface area contributed by atoms with Gasteiger partial charge in [0.05, 0.1) is 12.7 Å². The second kappa shape index (κ2) is 15.9. The SMILES string of the molecule is CC.CC(=O)c1csc2c1CCN(C(=O)c1cnc3ccccn13)C2.CCC.CCc1ccc(CC)cc1. The molecule has 0 unspecified atom stereocenters. The van der Waals surface area contributed by atoms with Gasteiger partial charge in [-0.3, -0.25) is 14.0 Å². The summed E-state index contributed by atoms with van der Waals surface area (Å²) in [6.45, 7) is 15.4. The lowest BCUT2D eigenvalue weighted by Crippen LogP contribution is -2.36. The molecule has 1 aliphatic rings. The summed E-state index contributed by atoms with van der Waals surface area (Å²) < 4.78 is 1.81. The Bertz CT molecular complexity index is 1260. The first-order chi connectivity index (χ1) is 18.4. The molecule has 5 rings (SSSR count). The fourth-order valence-electron chi connectivity index (χ4n) is 4.06. The number of carbonyl (C=O) groups excluding carboxylic acids is 2. The third-order valence-electron chi connectivity index (χ3n) is 6.09. The molecule has 5 nitrogen and oxygen atoms in total. The highest BCUT2D eigenvalue weighted by Crippen LogP contribution is 2.29. The van der Waals surface area contributed by atoms with Gasteiger partial charge in [0, 0.05) is 28.6 Å². The molecule has 0 aliphatic carbocycles. The molecule has 4 heterocycles. The van der Waals surface area contributed by atoms with Gasteiger partial charge in [-0.15, -0.1) is 11.3 Å². The minimum absolute atomic E-state index is 0.0212. The van der Waals surface area contributed by atoms with Gasteiger partial charge in [0.25, 0.3) is 5.91 Å². The summed E-state index contributed by atoms with van der Waals surface area (Å²) in [5, 5.41) is 1.91. The number of pyridine rings is 1. The molecule has 1 aromatic carbocycles. The van der Waals surface area contributed by atoms with Gasteiger partial charge in [0.1, 0.15) is 11.3 Å². The van der Waals surface area contributed by atoms with Crippen molar-refractivity contribution in [2.75, 3.05) is 6.54 Å². The Morgan fingerprint density at radius 3 is 2.11 bits per heavy atom. The van der Waals surface area contributed by atoms with Crippen LogP contribution in [0, 0.1) is 0 Å². The van der Waals surface area contributed by atoms with Crippen LogP contribution >= 0.6 is 11.3 Å². The average Bonchev–Trinajstić information content (AvgIpc) is 3.59. The van der Waals surface area contributed by atoms with E-state index in [1.54, 1.807) is 24.5 Å². The number of hydrogen-bond acceptors (Lipinski definition) is 4. The molecule has 0 bridgehead atoms. The second-order valence-electron chi connectivity index (χ2n) is 8.89. The van der Waals surface area contributed by atoms with Crippen LogP contribution in [0.2, 0.25) is 0 Å². The summed E-state index contributed by atoms with van der Waals surface area (Å²) in [6.07, 6.45) is 7.75. The number of rotatable bonds is 4. The Hall–Kier alpha value is -3.25. The Morgan fingerprint density at radius 1 is 0.947 bits per heavy atom. The van der Waals surface area contributed by atoms with Crippen LogP contribution in [-0.4, -0.2) is 32.5 Å². The highest BCUT2D eigenvalue weighted by Gasteiger charge is 2.27. The first-order valence-corrected chi connectivity index (χ1v) is 14.7. The summed E-state index contributed by atoms with van der Waals surface area (Å²) >= 11 is 1.57. The summed E-state index contributed by atoms with van der Waals surface area (Å²) in [4.78, 5) is 31.7. The van der Waals surface area contributed by atoms with Crippen LogP contribution in [0.5, 0.6) is 0 Å². The molecule has 1 amide bonds. The Morgan fingerprint density at radius 2 is 1.55 bits per heavy atom. The smallest absolute Gasteiger partial charge is 0.272 e. The highest BCUT2D eigenvalue weighted by atomic mass is 32.1. The third-order valence-corrected chi connectivity index (χ3v) is 7.10. The van der Waals surface area contributed by atoms with Crippen molar-refractivity contribution < 1.29 is 9.59 Å². The van der Waals surface area contributed by atoms with Crippen molar-refractivity contribution >= 4 is 28.7 Å². The number of benzene rings is 1. The van der Waals surface area contributed by atoms with E-state index in [1.807, 2.05) is 52.9 Å². The molecule has 0 N–H and O–H groups in total. The van der Waals surface area contributed by atoms with Gasteiger partial charge in [-0.1, -0.05) is 78.3 Å². The molecule has 38 heavy (non-hydrogen) atoms. The minimum Gasteiger partial charge on any atom is -0.332 e. The van der Waals surface area contributed by atoms with E-state index < -0.39 is 0 Å². The lowest BCUT2D eigenvalue weighted by Gasteiger charge is -2.27. The molecule has 0 atom stereocenters. The number of Topliss-reactive ketones (excluding diaryl/α,β-unsaturated/α-hetero) is 1. The Labute approximate surface area is 232 Å². The highest BCUT2D eigenvalue weighted by molar-refractivity contribution is 7.10. The van der Waals surface area contributed by atoms with Gasteiger partial charge in [0.2, 0.25) is 0 Å². The molecule has 0 fully saturated rings. The summed E-state index contributed by atoms with van der Waals surface area (Å²) in [7, 11) is 0. The predicted molar refractivity (Wildman–Crippen MR) is 160 cm³/mol.